The Morgan fingerprint density at radius 1 is 0.929 bits per heavy atom. The van der Waals surface area contributed by atoms with Gasteiger partial charge in [0, 0.05) is 32.5 Å². The van der Waals surface area contributed by atoms with Gasteiger partial charge in [-0.25, -0.2) is 0 Å². The van der Waals surface area contributed by atoms with Gasteiger partial charge in [0.15, 0.2) is 5.96 Å². The standard InChI is InChI=1S/C23H31N3O2/c1-24-23(25-17-10-9-15-22(27)28-2)26-18-16-21(19-11-5-3-6-12-19)20-13-7-4-8-14-20/h3-8,11-14,21H,9-10,15-18H2,1-2H3,(H2,24,25,26). The smallest absolute Gasteiger partial charge is 0.305 e. The lowest BCUT2D eigenvalue weighted by atomic mass is 9.88. The maximum atomic E-state index is 11.1. The average molecular weight is 382 g/mol. The second-order valence-electron chi connectivity index (χ2n) is 6.62. The molecule has 0 bridgehead atoms. The third kappa shape index (κ3) is 7.43. The van der Waals surface area contributed by atoms with Crippen molar-refractivity contribution in [2.75, 3.05) is 27.2 Å². The molecule has 2 N–H and O–H groups in total. The molecule has 2 aromatic carbocycles. The van der Waals surface area contributed by atoms with Crippen molar-refractivity contribution in [3.05, 3.63) is 71.8 Å². The first kappa shape index (κ1) is 21.5. The number of nitrogens with zero attached hydrogens (tertiary/aromatic N) is 1. The van der Waals surface area contributed by atoms with Gasteiger partial charge in [-0.1, -0.05) is 60.7 Å². The van der Waals surface area contributed by atoms with E-state index in [1.165, 1.54) is 18.2 Å². The summed E-state index contributed by atoms with van der Waals surface area (Å²) in [5.74, 6) is 0.973. The molecule has 0 saturated carbocycles. The van der Waals surface area contributed by atoms with Gasteiger partial charge in [-0.2, -0.15) is 0 Å². The van der Waals surface area contributed by atoms with Gasteiger partial charge in [0.05, 0.1) is 7.11 Å². The number of rotatable bonds is 10. The van der Waals surface area contributed by atoms with Crippen LogP contribution in [-0.2, 0) is 9.53 Å². The van der Waals surface area contributed by atoms with E-state index in [1.807, 2.05) is 0 Å². The van der Waals surface area contributed by atoms with Crippen LogP contribution in [-0.4, -0.2) is 39.2 Å². The van der Waals surface area contributed by atoms with Crippen LogP contribution in [0.2, 0.25) is 0 Å². The predicted octanol–water partition coefficient (Wildman–Crippen LogP) is 3.72. The largest absolute Gasteiger partial charge is 0.469 e. The maximum absolute atomic E-state index is 11.1. The summed E-state index contributed by atoms with van der Waals surface area (Å²) in [6, 6.07) is 21.2. The fourth-order valence-electron chi connectivity index (χ4n) is 3.16. The fraction of sp³-hybridized carbons (Fsp3) is 0.391. The molecule has 28 heavy (non-hydrogen) atoms. The second kappa shape index (κ2) is 12.5. The summed E-state index contributed by atoms with van der Waals surface area (Å²) in [7, 11) is 3.19. The van der Waals surface area contributed by atoms with Crippen molar-refractivity contribution < 1.29 is 9.53 Å². The number of methoxy groups -OCH3 is 1. The molecule has 0 saturated heterocycles. The number of carbonyl (C=O) groups excluding carboxylic acids is 1. The van der Waals surface area contributed by atoms with E-state index in [9.17, 15) is 4.79 Å². The summed E-state index contributed by atoms with van der Waals surface area (Å²) in [5, 5.41) is 6.70. The van der Waals surface area contributed by atoms with E-state index >= 15 is 0 Å². The number of hydrogen-bond donors (Lipinski definition) is 2. The van der Waals surface area contributed by atoms with Crippen molar-refractivity contribution in [2.24, 2.45) is 4.99 Å². The Kier molecular flexibility index (Phi) is 9.62. The lowest BCUT2D eigenvalue weighted by Crippen LogP contribution is -2.38. The first-order valence-corrected chi connectivity index (χ1v) is 9.85. The van der Waals surface area contributed by atoms with Gasteiger partial charge < -0.3 is 15.4 Å². The van der Waals surface area contributed by atoms with E-state index in [4.69, 9.17) is 0 Å². The van der Waals surface area contributed by atoms with Crippen LogP contribution in [0.15, 0.2) is 65.7 Å². The molecule has 0 aliphatic heterocycles. The third-order valence-electron chi connectivity index (χ3n) is 4.68. The second-order valence-corrected chi connectivity index (χ2v) is 6.62. The van der Waals surface area contributed by atoms with Crippen molar-refractivity contribution in [3.8, 4) is 0 Å². The van der Waals surface area contributed by atoms with E-state index < -0.39 is 0 Å². The monoisotopic (exact) mass is 381 g/mol. The molecule has 0 heterocycles. The molecule has 0 spiro atoms. The molecule has 0 radical (unpaired) electrons. The number of nitrogens with one attached hydrogen (secondary N) is 2. The van der Waals surface area contributed by atoms with Crippen LogP contribution < -0.4 is 10.6 Å². The summed E-state index contributed by atoms with van der Waals surface area (Å²) < 4.78 is 4.65. The third-order valence-corrected chi connectivity index (χ3v) is 4.68. The van der Waals surface area contributed by atoms with Gasteiger partial charge in [0.2, 0.25) is 0 Å². The Labute approximate surface area is 168 Å². The zero-order valence-electron chi connectivity index (χ0n) is 16.9. The van der Waals surface area contributed by atoms with Gasteiger partial charge in [-0.3, -0.25) is 9.79 Å². The van der Waals surface area contributed by atoms with Crippen molar-refractivity contribution in [2.45, 2.75) is 31.6 Å². The molecule has 0 aliphatic carbocycles. The van der Waals surface area contributed by atoms with Crippen molar-refractivity contribution >= 4 is 11.9 Å². The highest BCUT2D eigenvalue weighted by molar-refractivity contribution is 5.79. The maximum Gasteiger partial charge on any atom is 0.305 e. The summed E-state index contributed by atoms with van der Waals surface area (Å²) in [5.41, 5.74) is 2.64. The molecule has 0 fully saturated rings. The van der Waals surface area contributed by atoms with Gasteiger partial charge in [-0.05, 0) is 30.4 Å². The number of unbranched alkanes of at least 4 members (excludes halogenated alkanes) is 1. The van der Waals surface area contributed by atoms with E-state index in [1.54, 1.807) is 7.05 Å². The van der Waals surface area contributed by atoms with Crippen LogP contribution in [0.3, 0.4) is 0 Å². The highest BCUT2D eigenvalue weighted by Gasteiger charge is 2.13. The Morgan fingerprint density at radius 3 is 2.04 bits per heavy atom. The molecule has 0 aromatic heterocycles. The molecule has 0 unspecified atom stereocenters. The lowest BCUT2D eigenvalue weighted by molar-refractivity contribution is -0.140. The van der Waals surface area contributed by atoms with Crippen molar-refractivity contribution in [1.29, 1.82) is 0 Å². The van der Waals surface area contributed by atoms with Crippen LogP contribution in [0.4, 0.5) is 0 Å². The van der Waals surface area contributed by atoms with E-state index in [0.29, 0.717) is 12.3 Å². The number of carbonyl (C=O) groups is 1. The lowest BCUT2D eigenvalue weighted by Gasteiger charge is -2.19. The Hall–Kier alpha value is -2.82. The molecular formula is C23H31N3O2. The van der Waals surface area contributed by atoms with Crippen LogP contribution in [0.1, 0.15) is 42.7 Å². The SMILES string of the molecule is CN=C(NCCCCC(=O)OC)NCCC(c1ccccc1)c1ccccc1. The predicted molar refractivity (Wildman–Crippen MR) is 115 cm³/mol. The van der Waals surface area contributed by atoms with E-state index in [-0.39, 0.29) is 5.97 Å². The summed E-state index contributed by atoms with van der Waals surface area (Å²) in [6.07, 6.45) is 3.13. The highest BCUT2D eigenvalue weighted by Crippen LogP contribution is 2.27. The minimum atomic E-state index is -0.157. The van der Waals surface area contributed by atoms with Gasteiger partial charge in [0.25, 0.3) is 0 Å². The zero-order valence-corrected chi connectivity index (χ0v) is 16.9. The van der Waals surface area contributed by atoms with E-state index in [2.05, 4.69) is 81.0 Å². The van der Waals surface area contributed by atoms with Crippen molar-refractivity contribution in [1.82, 2.24) is 10.6 Å². The zero-order chi connectivity index (χ0) is 20.0. The first-order chi connectivity index (χ1) is 13.7. The number of ether oxygens (including phenoxy) is 1. The highest BCUT2D eigenvalue weighted by atomic mass is 16.5. The number of hydrogen-bond acceptors (Lipinski definition) is 3. The van der Waals surface area contributed by atoms with Gasteiger partial charge in [0.1, 0.15) is 0 Å². The molecule has 2 aromatic rings. The molecule has 5 heteroatoms. The van der Waals surface area contributed by atoms with Crippen molar-refractivity contribution in [3.63, 3.8) is 0 Å². The van der Waals surface area contributed by atoms with Gasteiger partial charge >= 0.3 is 5.97 Å². The Bertz CT molecular complexity index is 678. The molecule has 0 amide bonds. The molecule has 0 atom stereocenters. The van der Waals surface area contributed by atoms with Gasteiger partial charge in [-0.15, -0.1) is 0 Å². The topological polar surface area (TPSA) is 62.7 Å². The van der Waals surface area contributed by atoms with Crippen LogP contribution in [0.5, 0.6) is 0 Å². The van der Waals surface area contributed by atoms with E-state index in [0.717, 1.165) is 38.3 Å². The molecule has 5 nitrogen and oxygen atoms in total. The summed E-state index contributed by atoms with van der Waals surface area (Å²) in [4.78, 5) is 15.4. The molecule has 2 rings (SSSR count). The van der Waals surface area contributed by atoms with Crippen LogP contribution >= 0.6 is 0 Å². The first-order valence-electron chi connectivity index (χ1n) is 9.85. The quantitative estimate of drug-likeness (QED) is 0.285. The molecule has 0 aliphatic rings. The fourth-order valence-corrected chi connectivity index (χ4v) is 3.16. The summed E-state index contributed by atoms with van der Waals surface area (Å²) in [6.45, 7) is 1.59. The van der Waals surface area contributed by atoms with Crippen LogP contribution in [0, 0.1) is 0 Å². The number of aliphatic imine (C=N–C) groups is 1. The normalized spacial score (nSPS) is 11.3. The Balaban J connectivity index is 1.81. The Morgan fingerprint density at radius 2 is 1.50 bits per heavy atom. The minimum absolute atomic E-state index is 0.157. The summed E-state index contributed by atoms with van der Waals surface area (Å²) >= 11 is 0. The number of benzene rings is 2. The minimum Gasteiger partial charge on any atom is -0.469 e. The molecule has 150 valence electrons. The average Bonchev–Trinajstić information content (AvgIpc) is 2.76. The molecular weight excluding hydrogens is 350 g/mol. The number of guanidine groups is 1. The number of esters is 1. The van der Waals surface area contributed by atoms with Crippen LogP contribution in [0.25, 0.3) is 0 Å².